The van der Waals surface area contributed by atoms with E-state index in [4.69, 9.17) is 21.3 Å². The molecule has 0 fully saturated rings. The lowest BCUT2D eigenvalue weighted by molar-refractivity contribution is 0.112. The van der Waals surface area contributed by atoms with Gasteiger partial charge in [-0.05, 0) is 47.9 Å². The van der Waals surface area contributed by atoms with E-state index < -0.39 is 0 Å². The Morgan fingerprint density at radius 3 is 2.85 bits per heavy atom. The lowest BCUT2D eigenvalue weighted by Gasteiger charge is -2.26. The first-order valence-electron chi connectivity index (χ1n) is 11.0. The van der Waals surface area contributed by atoms with E-state index in [1.165, 1.54) is 23.0 Å². The van der Waals surface area contributed by atoms with E-state index in [1.54, 1.807) is 12.1 Å². The fourth-order valence-electron chi connectivity index (χ4n) is 4.14. The molecule has 0 atom stereocenters. The van der Waals surface area contributed by atoms with Gasteiger partial charge in [-0.25, -0.2) is 9.37 Å². The number of imidazole rings is 1. The number of rotatable bonds is 7. The smallest absolute Gasteiger partial charge is 0.160 e. The Bertz CT molecular complexity index is 1390. The van der Waals surface area contributed by atoms with Gasteiger partial charge in [0.05, 0.1) is 11.4 Å². The van der Waals surface area contributed by atoms with Crippen LogP contribution in [-0.2, 0) is 20.2 Å². The molecule has 5 rings (SSSR count). The molecule has 0 aliphatic carbocycles. The standard InChI is InChI=1S/C26H23ClFN3O2S/c1-30-25(29-24-13-22(15-32)34-26(24)30)14-31-9-7-17(8-10-31)18-3-2-4-21(11-18)33-16-19-5-6-20(27)12-23(19)28/h2-7,11-13,15H,8-10,14,16H2,1H3. The van der Waals surface area contributed by atoms with Crippen molar-refractivity contribution in [1.82, 2.24) is 14.5 Å². The summed E-state index contributed by atoms with van der Waals surface area (Å²) in [5.41, 5.74) is 3.75. The van der Waals surface area contributed by atoms with Gasteiger partial charge in [-0.1, -0.05) is 35.9 Å². The second-order valence-corrected chi connectivity index (χ2v) is 9.81. The van der Waals surface area contributed by atoms with Crippen LogP contribution in [0.15, 0.2) is 54.6 Å². The molecule has 0 amide bonds. The number of ether oxygens (including phenoxy) is 1. The van der Waals surface area contributed by atoms with Crippen molar-refractivity contribution in [2.24, 2.45) is 7.05 Å². The van der Waals surface area contributed by atoms with Gasteiger partial charge >= 0.3 is 0 Å². The third-order valence-electron chi connectivity index (χ3n) is 6.04. The van der Waals surface area contributed by atoms with Crippen molar-refractivity contribution in [3.63, 3.8) is 0 Å². The minimum Gasteiger partial charge on any atom is -0.489 e. The van der Waals surface area contributed by atoms with E-state index in [9.17, 15) is 9.18 Å². The number of hydrogen-bond acceptors (Lipinski definition) is 5. The SMILES string of the molecule is Cn1c(CN2CC=C(c3cccc(OCc4ccc(Cl)cc4F)c3)CC2)nc2cc(C=O)sc21. The maximum atomic E-state index is 14.0. The van der Waals surface area contributed by atoms with Gasteiger partial charge in [0, 0.05) is 30.7 Å². The van der Waals surface area contributed by atoms with Crippen molar-refractivity contribution in [1.29, 1.82) is 0 Å². The van der Waals surface area contributed by atoms with Gasteiger partial charge in [0.25, 0.3) is 0 Å². The number of nitrogens with zero attached hydrogens (tertiary/aromatic N) is 3. The average Bonchev–Trinajstić information content (AvgIpc) is 3.38. The Balaban J connectivity index is 1.23. The van der Waals surface area contributed by atoms with Gasteiger partial charge in [-0.2, -0.15) is 0 Å². The van der Waals surface area contributed by atoms with Crippen LogP contribution in [0.1, 0.15) is 33.0 Å². The Morgan fingerprint density at radius 1 is 1.24 bits per heavy atom. The summed E-state index contributed by atoms with van der Waals surface area (Å²) in [7, 11) is 2.00. The van der Waals surface area contributed by atoms with Crippen molar-refractivity contribution in [2.45, 2.75) is 19.6 Å². The van der Waals surface area contributed by atoms with Gasteiger partial charge in [0.2, 0.25) is 0 Å². The molecule has 34 heavy (non-hydrogen) atoms. The van der Waals surface area contributed by atoms with Gasteiger partial charge in [0.1, 0.15) is 34.3 Å². The molecule has 0 bridgehead atoms. The maximum Gasteiger partial charge on any atom is 0.160 e. The fraction of sp³-hybridized carbons (Fsp3) is 0.231. The van der Waals surface area contributed by atoms with Crippen molar-refractivity contribution < 1.29 is 13.9 Å². The highest BCUT2D eigenvalue weighted by atomic mass is 35.5. The lowest BCUT2D eigenvalue weighted by Crippen LogP contribution is -2.29. The van der Waals surface area contributed by atoms with Crippen molar-refractivity contribution in [2.75, 3.05) is 13.1 Å². The van der Waals surface area contributed by atoms with Gasteiger partial charge in [-0.3, -0.25) is 9.69 Å². The first kappa shape index (κ1) is 22.8. The van der Waals surface area contributed by atoms with Crippen LogP contribution < -0.4 is 4.74 Å². The molecule has 5 nitrogen and oxygen atoms in total. The summed E-state index contributed by atoms with van der Waals surface area (Å²) in [5, 5.41) is 0.372. The molecular weight excluding hydrogens is 473 g/mol. The van der Waals surface area contributed by atoms with Gasteiger partial charge < -0.3 is 9.30 Å². The van der Waals surface area contributed by atoms with E-state index in [2.05, 4.69) is 21.6 Å². The summed E-state index contributed by atoms with van der Waals surface area (Å²) in [5.74, 6) is 1.34. The van der Waals surface area contributed by atoms with Gasteiger partial charge in [-0.15, -0.1) is 11.3 Å². The van der Waals surface area contributed by atoms with Crippen LogP contribution >= 0.6 is 22.9 Å². The Kier molecular flexibility index (Phi) is 6.50. The molecule has 8 heteroatoms. The van der Waals surface area contributed by atoms with Crippen LogP contribution in [0, 0.1) is 5.82 Å². The van der Waals surface area contributed by atoms with Crippen LogP contribution in [0.4, 0.5) is 4.39 Å². The maximum absolute atomic E-state index is 14.0. The zero-order chi connectivity index (χ0) is 23.7. The summed E-state index contributed by atoms with van der Waals surface area (Å²) in [6, 6.07) is 14.4. The van der Waals surface area contributed by atoms with Crippen LogP contribution in [-0.4, -0.2) is 33.8 Å². The number of aryl methyl sites for hydroxylation is 1. The number of aromatic nitrogens is 2. The molecule has 0 saturated carbocycles. The quantitative estimate of drug-likeness (QED) is 0.290. The number of fused-ring (bicyclic) bond motifs is 1. The highest BCUT2D eigenvalue weighted by Gasteiger charge is 2.18. The zero-order valence-corrected chi connectivity index (χ0v) is 20.2. The summed E-state index contributed by atoms with van der Waals surface area (Å²) < 4.78 is 21.9. The molecule has 0 saturated heterocycles. The van der Waals surface area contributed by atoms with Crippen molar-refractivity contribution in [3.8, 4) is 5.75 Å². The topological polar surface area (TPSA) is 47.4 Å². The number of carbonyl (C=O) groups is 1. The zero-order valence-electron chi connectivity index (χ0n) is 18.6. The first-order valence-corrected chi connectivity index (χ1v) is 12.2. The Hall–Kier alpha value is -3.00. The van der Waals surface area contributed by atoms with Crippen LogP contribution in [0.3, 0.4) is 0 Å². The van der Waals surface area contributed by atoms with E-state index in [1.807, 2.05) is 31.3 Å². The second-order valence-electron chi connectivity index (χ2n) is 8.31. The second kappa shape index (κ2) is 9.70. The molecule has 0 spiro atoms. The summed E-state index contributed by atoms with van der Waals surface area (Å²) >= 11 is 7.30. The number of carbonyl (C=O) groups excluding carboxylic acids is 1. The summed E-state index contributed by atoms with van der Waals surface area (Å²) in [6.45, 7) is 2.66. The molecule has 1 aliphatic rings. The van der Waals surface area contributed by atoms with E-state index in [-0.39, 0.29) is 12.4 Å². The van der Waals surface area contributed by atoms with Crippen LogP contribution in [0.2, 0.25) is 5.02 Å². The highest BCUT2D eigenvalue weighted by Crippen LogP contribution is 2.28. The largest absolute Gasteiger partial charge is 0.489 e. The summed E-state index contributed by atoms with van der Waals surface area (Å²) in [4.78, 5) is 19.8. The molecule has 2 aromatic carbocycles. The summed E-state index contributed by atoms with van der Waals surface area (Å²) in [6.07, 6.45) is 4.04. The van der Waals surface area contributed by atoms with E-state index in [0.29, 0.717) is 21.2 Å². The minimum absolute atomic E-state index is 0.148. The molecule has 1 aliphatic heterocycles. The fourth-order valence-corrected chi connectivity index (χ4v) is 5.20. The third-order valence-corrected chi connectivity index (χ3v) is 7.40. The predicted molar refractivity (Wildman–Crippen MR) is 134 cm³/mol. The average molecular weight is 496 g/mol. The monoisotopic (exact) mass is 495 g/mol. The van der Waals surface area contributed by atoms with Gasteiger partial charge in [0.15, 0.2) is 6.29 Å². The van der Waals surface area contributed by atoms with E-state index in [0.717, 1.165) is 54.1 Å². The molecule has 0 unspecified atom stereocenters. The number of hydrogen-bond donors (Lipinski definition) is 0. The Morgan fingerprint density at radius 2 is 2.12 bits per heavy atom. The molecule has 174 valence electrons. The van der Waals surface area contributed by atoms with E-state index >= 15 is 0 Å². The number of aldehydes is 1. The molecule has 4 aromatic rings. The molecule has 0 radical (unpaired) electrons. The molecule has 3 heterocycles. The Labute approximate surface area is 206 Å². The first-order chi connectivity index (χ1) is 16.5. The number of benzene rings is 2. The van der Waals surface area contributed by atoms with Crippen molar-refractivity contribution in [3.05, 3.63) is 87.3 Å². The van der Waals surface area contributed by atoms with Crippen LogP contribution in [0.25, 0.3) is 15.9 Å². The van der Waals surface area contributed by atoms with Crippen molar-refractivity contribution >= 4 is 45.1 Å². The molecule has 2 aromatic heterocycles. The number of halogens is 2. The lowest BCUT2D eigenvalue weighted by atomic mass is 9.99. The number of thiophene rings is 1. The predicted octanol–water partition coefficient (Wildman–Crippen LogP) is 6.11. The molecular formula is C26H23ClFN3O2S. The van der Waals surface area contributed by atoms with Crippen LogP contribution in [0.5, 0.6) is 5.75 Å². The normalized spacial score (nSPS) is 14.4. The highest BCUT2D eigenvalue weighted by molar-refractivity contribution is 7.20. The third kappa shape index (κ3) is 4.78. The minimum atomic E-state index is -0.365. The molecule has 0 N–H and O–H groups in total.